The van der Waals surface area contributed by atoms with Crippen molar-refractivity contribution in [3.05, 3.63) is 34.7 Å². The highest BCUT2D eigenvalue weighted by Gasteiger charge is 2.20. The standard InChI is InChI=1S/C24H34N4O7/c1-13(2)22(32)34-17-9-15(8-16(10-17)27-23(33)35-24(5,6)7)18-11-25-20(26-14(3)4)21(31)28(18)12-19(29)30/h8-11,13-14,19,29-30H,12H2,1-7H3,(H,25,26)(H,27,33). The van der Waals surface area contributed by atoms with Crippen molar-refractivity contribution in [3.8, 4) is 17.0 Å². The van der Waals surface area contributed by atoms with E-state index in [1.54, 1.807) is 34.6 Å². The van der Waals surface area contributed by atoms with Gasteiger partial charge in [-0.1, -0.05) is 13.8 Å². The highest BCUT2D eigenvalue weighted by Crippen LogP contribution is 2.29. The molecule has 0 saturated heterocycles. The topological polar surface area (TPSA) is 152 Å². The van der Waals surface area contributed by atoms with Gasteiger partial charge >= 0.3 is 12.1 Å². The number of aromatic nitrogens is 2. The molecule has 1 amide bonds. The number of ether oxygens (including phenoxy) is 2. The Morgan fingerprint density at radius 2 is 1.77 bits per heavy atom. The van der Waals surface area contributed by atoms with Crippen LogP contribution in [-0.2, 0) is 16.1 Å². The number of benzene rings is 1. The number of esters is 1. The van der Waals surface area contributed by atoms with Crippen LogP contribution in [0.25, 0.3) is 11.3 Å². The fraction of sp³-hybridized carbons (Fsp3) is 0.500. The lowest BCUT2D eigenvalue weighted by Crippen LogP contribution is -2.31. The fourth-order valence-electron chi connectivity index (χ4n) is 2.97. The number of anilines is 2. The van der Waals surface area contributed by atoms with Crippen LogP contribution in [0.15, 0.2) is 29.2 Å². The van der Waals surface area contributed by atoms with Gasteiger partial charge in [0.2, 0.25) is 0 Å². The molecule has 1 heterocycles. The van der Waals surface area contributed by atoms with E-state index in [1.807, 2.05) is 13.8 Å². The lowest BCUT2D eigenvalue weighted by molar-refractivity contribution is -0.137. The molecule has 11 heteroatoms. The summed E-state index contributed by atoms with van der Waals surface area (Å²) in [5, 5.41) is 24.7. The fourth-order valence-corrected chi connectivity index (χ4v) is 2.97. The third kappa shape index (κ3) is 8.37. The number of rotatable bonds is 8. The summed E-state index contributed by atoms with van der Waals surface area (Å²) in [6.45, 7) is 11.7. The van der Waals surface area contributed by atoms with Gasteiger partial charge in [0.25, 0.3) is 5.56 Å². The molecular formula is C24H34N4O7. The summed E-state index contributed by atoms with van der Waals surface area (Å²) in [5.41, 5.74) is -0.527. The van der Waals surface area contributed by atoms with Crippen LogP contribution >= 0.6 is 0 Å². The van der Waals surface area contributed by atoms with Crippen LogP contribution in [0.1, 0.15) is 48.5 Å². The number of hydrogen-bond donors (Lipinski definition) is 4. The van der Waals surface area contributed by atoms with E-state index < -0.39 is 42.0 Å². The summed E-state index contributed by atoms with van der Waals surface area (Å²) in [6, 6.07) is 4.38. The first-order valence-electron chi connectivity index (χ1n) is 11.3. The average molecular weight is 491 g/mol. The number of carbonyl (C=O) groups is 2. The second kappa shape index (κ2) is 11.3. The average Bonchev–Trinajstić information content (AvgIpc) is 2.68. The maximum absolute atomic E-state index is 13.0. The van der Waals surface area contributed by atoms with Crippen molar-refractivity contribution in [2.24, 2.45) is 5.92 Å². The van der Waals surface area contributed by atoms with Gasteiger partial charge in [-0.05, 0) is 46.8 Å². The van der Waals surface area contributed by atoms with Crippen molar-refractivity contribution in [3.63, 3.8) is 0 Å². The molecule has 0 atom stereocenters. The Morgan fingerprint density at radius 3 is 2.31 bits per heavy atom. The molecule has 192 valence electrons. The SMILES string of the molecule is CC(C)Nc1ncc(-c2cc(NC(=O)OC(C)(C)C)cc(OC(=O)C(C)C)c2)n(CC(O)O)c1=O. The number of nitrogens with one attached hydrogen (secondary N) is 2. The van der Waals surface area contributed by atoms with E-state index in [9.17, 15) is 24.6 Å². The molecule has 0 radical (unpaired) electrons. The summed E-state index contributed by atoms with van der Waals surface area (Å²) in [4.78, 5) is 41.8. The van der Waals surface area contributed by atoms with E-state index in [2.05, 4.69) is 15.6 Å². The van der Waals surface area contributed by atoms with Crippen LogP contribution in [-0.4, -0.2) is 49.8 Å². The highest BCUT2D eigenvalue weighted by molar-refractivity contribution is 5.87. The van der Waals surface area contributed by atoms with Gasteiger partial charge in [-0.25, -0.2) is 9.78 Å². The van der Waals surface area contributed by atoms with E-state index >= 15 is 0 Å². The van der Waals surface area contributed by atoms with Crippen molar-refractivity contribution >= 4 is 23.6 Å². The summed E-state index contributed by atoms with van der Waals surface area (Å²) in [5.74, 6) is -0.756. The molecule has 35 heavy (non-hydrogen) atoms. The number of aliphatic hydroxyl groups is 2. The van der Waals surface area contributed by atoms with Gasteiger partial charge in [0, 0.05) is 23.4 Å². The number of aliphatic hydroxyl groups excluding tert-OH is 1. The minimum absolute atomic E-state index is 0.0406. The summed E-state index contributed by atoms with van der Waals surface area (Å²) < 4.78 is 11.9. The Hall–Kier alpha value is -3.44. The van der Waals surface area contributed by atoms with Crippen LogP contribution < -0.4 is 20.9 Å². The van der Waals surface area contributed by atoms with Crippen LogP contribution in [0.4, 0.5) is 16.3 Å². The Bertz CT molecular complexity index is 1120. The maximum atomic E-state index is 13.0. The molecule has 1 aromatic carbocycles. The van der Waals surface area contributed by atoms with Crippen molar-refractivity contribution in [2.45, 2.75) is 72.9 Å². The molecule has 0 spiro atoms. The molecule has 0 saturated carbocycles. The van der Waals surface area contributed by atoms with Crippen molar-refractivity contribution in [1.29, 1.82) is 0 Å². The predicted molar refractivity (Wildman–Crippen MR) is 131 cm³/mol. The number of hydrogen-bond acceptors (Lipinski definition) is 9. The molecule has 2 aromatic rings. The largest absolute Gasteiger partial charge is 0.444 e. The summed E-state index contributed by atoms with van der Waals surface area (Å²) in [7, 11) is 0. The second-order valence-corrected chi connectivity index (χ2v) is 9.64. The molecule has 0 fully saturated rings. The molecule has 0 aliphatic rings. The molecule has 0 aliphatic carbocycles. The van der Waals surface area contributed by atoms with E-state index in [0.717, 1.165) is 4.57 Å². The molecule has 11 nitrogen and oxygen atoms in total. The van der Waals surface area contributed by atoms with Gasteiger partial charge < -0.3 is 25.0 Å². The molecule has 0 unspecified atom stereocenters. The molecule has 0 bridgehead atoms. The molecule has 2 rings (SSSR count). The molecule has 4 N–H and O–H groups in total. The van der Waals surface area contributed by atoms with Crippen molar-refractivity contribution < 1.29 is 29.3 Å². The Balaban J connectivity index is 2.63. The number of carbonyl (C=O) groups excluding carboxylic acids is 2. The normalized spacial score (nSPS) is 11.7. The zero-order valence-electron chi connectivity index (χ0n) is 21.1. The van der Waals surface area contributed by atoms with Crippen LogP contribution in [0, 0.1) is 5.92 Å². The third-order valence-electron chi connectivity index (χ3n) is 4.36. The van der Waals surface area contributed by atoms with Gasteiger partial charge in [-0.2, -0.15) is 0 Å². The van der Waals surface area contributed by atoms with Crippen LogP contribution in [0.2, 0.25) is 0 Å². The Labute approximate surface area is 204 Å². The zero-order chi connectivity index (χ0) is 26.5. The van der Waals surface area contributed by atoms with Gasteiger partial charge in [0.15, 0.2) is 12.1 Å². The first-order chi connectivity index (χ1) is 16.2. The lowest BCUT2D eigenvalue weighted by Gasteiger charge is -2.21. The molecular weight excluding hydrogens is 456 g/mol. The quantitative estimate of drug-likeness (QED) is 0.249. The second-order valence-electron chi connectivity index (χ2n) is 9.64. The predicted octanol–water partition coefficient (Wildman–Crippen LogP) is 2.95. The smallest absolute Gasteiger partial charge is 0.412 e. The van der Waals surface area contributed by atoms with Crippen LogP contribution in [0.3, 0.4) is 0 Å². The molecule has 0 aliphatic heterocycles. The maximum Gasteiger partial charge on any atom is 0.412 e. The third-order valence-corrected chi connectivity index (χ3v) is 4.36. The minimum atomic E-state index is -1.82. The van der Waals surface area contributed by atoms with E-state index in [-0.39, 0.29) is 29.0 Å². The van der Waals surface area contributed by atoms with E-state index in [0.29, 0.717) is 5.56 Å². The van der Waals surface area contributed by atoms with Gasteiger partial charge in [0.05, 0.1) is 24.4 Å². The van der Waals surface area contributed by atoms with E-state index in [4.69, 9.17) is 9.47 Å². The number of amides is 1. The summed E-state index contributed by atoms with van der Waals surface area (Å²) in [6.07, 6.45) is -1.16. The minimum Gasteiger partial charge on any atom is -0.444 e. The van der Waals surface area contributed by atoms with E-state index in [1.165, 1.54) is 24.4 Å². The Morgan fingerprint density at radius 1 is 1.11 bits per heavy atom. The van der Waals surface area contributed by atoms with Gasteiger partial charge in [0.1, 0.15) is 11.4 Å². The lowest BCUT2D eigenvalue weighted by atomic mass is 10.1. The monoisotopic (exact) mass is 490 g/mol. The van der Waals surface area contributed by atoms with Gasteiger partial charge in [-0.15, -0.1) is 0 Å². The van der Waals surface area contributed by atoms with Crippen LogP contribution in [0.5, 0.6) is 5.75 Å². The first-order valence-corrected chi connectivity index (χ1v) is 11.3. The molecule has 1 aromatic heterocycles. The van der Waals surface area contributed by atoms with Crippen molar-refractivity contribution in [2.75, 3.05) is 10.6 Å². The Kier molecular flexibility index (Phi) is 9.00. The van der Waals surface area contributed by atoms with Gasteiger partial charge in [-0.3, -0.25) is 19.5 Å². The first kappa shape index (κ1) is 27.8. The zero-order valence-corrected chi connectivity index (χ0v) is 21.1. The summed E-state index contributed by atoms with van der Waals surface area (Å²) >= 11 is 0. The highest BCUT2D eigenvalue weighted by atomic mass is 16.6. The number of nitrogens with zero attached hydrogens (tertiary/aromatic N) is 2. The van der Waals surface area contributed by atoms with Crippen molar-refractivity contribution in [1.82, 2.24) is 9.55 Å².